The molecule has 0 aliphatic carbocycles. The number of amides is 1. The van der Waals surface area contributed by atoms with Gasteiger partial charge in [-0.05, 0) is 43.3 Å². The van der Waals surface area contributed by atoms with E-state index in [1.54, 1.807) is 19.1 Å². The van der Waals surface area contributed by atoms with Crippen LogP contribution in [0.15, 0.2) is 46.4 Å². The number of benzene rings is 1. The molecule has 0 radical (unpaired) electrons. The van der Waals surface area contributed by atoms with Gasteiger partial charge in [0.15, 0.2) is 0 Å². The molecule has 1 saturated heterocycles. The second kappa shape index (κ2) is 7.98. The zero-order chi connectivity index (χ0) is 20.4. The number of nitrogens with zero attached hydrogens (tertiary/aromatic N) is 1. The number of aliphatic hydroxyl groups excluding tert-OH is 1. The molecule has 148 valence electrons. The predicted octanol–water partition coefficient (Wildman–Crippen LogP) is 1.68. The highest BCUT2D eigenvalue weighted by Gasteiger charge is 2.47. The predicted molar refractivity (Wildman–Crippen MR) is 101 cm³/mol. The van der Waals surface area contributed by atoms with Gasteiger partial charge in [-0.3, -0.25) is 9.59 Å². The Labute approximate surface area is 162 Å². The average molecular weight is 387 g/mol. The number of likely N-dealkylation sites (tertiary alicyclic amines) is 1. The van der Waals surface area contributed by atoms with Crippen molar-refractivity contribution in [3.63, 3.8) is 0 Å². The maximum atomic E-state index is 13.2. The van der Waals surface area contributed by atoms with Crippen molar-refractivity contribution >= 4 is 17.4 Å². The van der Waals surface area contributed by atoms with Crippen molar-refractivity contribution in [3.05, 3.63) is 64.9 Å². The first-order chi connectivity index (χ1) is 13.3. The van der Waals surface area contributed by atoms with Gasteiger partial charge in [0.25, 0.3) is 11.7 Å². The Morgan fingerprint density at radius 2 is 1.86 bits per heavy atom. The monoisotopic (exact) mass is 387 g/mol. The van der Waals surface area contributed by atoms with E-state index >= 15 is 0 Å². The molecule has 3 rings (SSSR count). The fraction of sp³-hybridized carbons (Fsp3) is 0.333. The number of furan rings is 1. The van der Waals surface area contributed by atoms with Crippen LogP contribution >= 0.6 is 0 Å². The zero-order valence-electron chi connectivity index (χ0n) is 16.2. The quantitative estimate of drug-likeness (QED) is 0.449. The van der Waals surface area contributed by atoms with Crippen LogP contribution in [0.4, 0.5) is 4.39 Å². The summed E-state index contributed by atoms with van der Waals surface area (Å²) >= 11 is 0. The van der Waals surface area contributed by atoms with E-state index in [0.29, 0.717) is 24.5 Å². The molecular formula is C21H24FN2O4+. The van der Waals surface area contributed by atoms with Gasteiger partial charge in [0.05, 0.1) is 26.2 Å². The lowest BCUT2D eigenvalue weighted by molar-refractivity contribution is -0.858. The highest BCUT2D eigenvalue weighted by Crippen LogP contribution is 2.39. The van der Waals surface area contributed by atoms with E-state index in [1.807, 2.05) is 14.1 Å². The third-order valence-corrected chi connectivity index (χ3v) is 4.76. The number of quaternary nitrogens is 1. The van der Waals surface area contributed by atoms with Crippen LogP contribution in [0.25, 0.3) is 5.76 Å². The summed E-state index contributed by atoms with van der Waals surface area (Å²) < 4.78 is 18.9. The van der Waals surface area contributed by atoms with Crippen molar-refractivity contribution in [2.75, 3.05) is 27.2 Å². The number of halogens is 1. The number of hydrogen-bond donors (Lipinski definition) is 2. The van der Waals surface area contributed by atoms with Gasteiger partial charge >= 0.3 is 0 Å². The van der Waals surface area contributed by atoms with Crippen LogP contribution in [0.2, 0.25) is 0 Å². The Hall–Kier alpha value is -2.93. The SMILES string of the molecule is Cc1ccc([C@H]2C(=C(O)c3ccc(F)cc3)C(=O)C(=O)N2CCC[NH+](C)C)o1. The van der Waals surface area contributed by atoms with Crippen LogP contribution in [0.5, 0.6) is 0 Å². The number of carbonyl (C=O) groups excluding carboxylic acids is 2. The maximum absolute atomic E-state index is 13.2. The Balaban J connectivity index is 2.05. The lowest BCUT2D eigenvalue weighted by Gasteiger charge is -2.23. The molecule has 1 amide bonds. The summed E-state index contributed by atoms with van der Waals surface area (Å²) in [4.78, 5) is 28.1. The minimum absolute atomic E-state index is 0.0387. The molecule has 2 heterocycles. The number of nitrogens with one attached hydrogen (secondary N) is 1. The van der Waals surface area contributed by atoms with E-state index < -0.39 is 23.5 Å². The van der Waals surface area contributed by atoms with E-state index in [2.05, 4.69) is 0 Å². The van der Waals surface area contributed by atoms with Crippen LogP contribution in [-0.2, 0) is 9.59 Å². The largest absolute Gasteiger partial charge is 0.507 e. The van der Waals surface area contributed by atoms with Gasteiger partial charge in [-0.25, -0.2) is 4.39 Å². The first-order valence-corrected chi connectivity index (χ1v) is 9.19. The first kappa shape index (κ1) is 19.8. The van der Waals surface area contributed by atoms with E-state index in [1.165, 1.54) is 34.1 Å². The highest BCUT2D eigenvalue weighted by molar-refractivity contribution is 6.46. The van der Waals surface area contributed by atoms with E-state index in [9.17, 15) is 19.1 Å². The average Bonchev–Trinajstić information content (AvgIpc) is 3.18. The van der Waals surface area contributed by atoms with Gasteiger partial charge in [0.2, 0.25) is 0 Å². The summed E-state index contributed by atoms with van der Waals surface area (Å²) in [5.41, 5.74) is 0.230. The molecule has 1 aromatic carbocycles. The normalized spacial score (nSPS) is 19.0. The second-order valence-corrected chi connectivity index (χ2v) is 7.26. The summed E-state index contributed by atoms with van der Waals surface area (Å²) in [5, 5.41) is 10.8. The minimum atomic E-state index is -0.809. The van der Waals surface area contributed by atoms with Crippen LogP contribution in [0.3, 0.4) is 0 Å². The fourth-order valence-corrected chi connectivity index (χ4v) is 3.37. The first-order valence-electron chi connectivity index (χ1n) is 9.19. The van der Waals surface area contributed by atoms with Crippen molar-refractivity contribution < 1.29 is 28.4 Å². The summed E-state index contributed by atoms with van der Waals surface area (Å²) in [5.74, 6) is -1.17. The van der Waals surface area contributed by atoms with E-state index in [0.717, 1.165) is 6.54 Å². The summed E-state index contributed by atoms with van der Waals surface area (Å²) in [6, 6.07) is 7.77. The van der Waals surface area contributed by atoms with Gasteiger partial charge in [0.1, 0.15) is 29.1 Å². The molecule has 0 unspecified atom stereocenters. The third kappa shape index (κ3) is 3.84. The Bertz CT molecular complexity index is 915. The number of Topliss-reactive ketones (excluding diaryl/α,β-unsaturated/α-hetero) is 1. The maximum Gasteiger partial charge on any atom is 0.295 e. The van der Waals surface area contributed by atoms with Crippen molar-refractivity contribution in [3.8, 4) is 0 Å². The van der Waals surface area contributed by atoms with Crippen molar-refractivity contribution in [2.45, 2.75) is 19.4 Å². The lowest BCUT2D eigenvalue weighted by atomic mass is 9.99. The van der Waals surface area contributed by atoms with Crippen LogP contribution in [0, 0.1) is 12.7 Å². The standard InChI is InChI=1S/C21H23FN2O4/c1-13-5-10-16(28-13)18-17(19(25)14-6-8-15(22)9-7-14)20(26)21(27)24(18)12-4-11-23(2)3/h5-10,18,25H,4,11-12H2,1-3H3/p+1/t18-/m0/s1. The topological polar surface area (TPSA) is 75.2 Å². The lowest BCUT2D eigenvalue weighted by Crippen LogP contribution is -3.05. The van der Waals surface area contributed by atoms with Gasteiger partial charge in [-0.15, -0.1) is 0 Å². The molecule has 6 nitrogen and oxygen atoms in total. The molecule has 0 saturated carbocycles. The highest BCUT2D eigenvalue weighted by atomic mass is 19.1. The van der Waals surface area contributed by atoms with E-state index in [-0.39, 0.29) is 16.9 Å². The second-order valence-electron chi connectivity index (χ2n) is 7.26. The molecule has 0 bridgehead atoms. The number of aryl methyl sites for hydroxylation is 1. The molecule has 2 aromatic rings. The number of ketones is 1. The molecule has 1 aliphatic rings. The molecule has 1 aromatic heterocycles. The molecular weight excluding hydrogens is 363 g/mol. The number of aliphatic hydroxyl groups is 1. The molecule has 1 aliphatic heterocycles. The summed E-state index contributed by atoms with van der Waals surface area (Å²) in [6.45, 7) is 2.95. The fourth-order valence-electron chi connectivity index (χ4n) is 3.37. The van der Waals surface area contributed by atoms with Crippen LogP contribution < -0.4 is 4.90 Å². The third-order valence-electron chi connectivity index (χ3n) is 4.76. The van der Waals surface area contributed by atoms with Gasteiger partial charge < -0.3 is 19.3 Å². The van der Waals surface area contributed by atoms with Crippen molar-refractivity contribution in [1.82, 2.24) is 4.90 Å². The summed E-state index contributed by atoms with van der Waals surface area (Å²) in [6.07, 6.45) is 0.697. The van der Waals surface area contributed by atoms with Crippen LogP contribution in [0.1, 0.15) is 29.5 Å². The molecule has 1 fully saturated rings. The van der Waals surface area contributed by atoms with Crippen molar-refractivity contribution in [1.29, 1.82) is 0 Å². The van der Waals surface area contributed by atoms with Crippen molar-refractivity contribution in [2.24, 2.45) is 0 Å². The zero-order valence-corrected chi connectivity index (χ0v) is 16.2. The van der Waals surface area contributed by atoms with Gasteiger partial charge in [0, 0.05) is 18.5 Å². The van der Waals surface area contributed by atoms with Gasteiger partial charge in [-0.2, -0.15) is 0 Å². The molecule has 0 spiro atoms. The number of hydrogen-bond acceptors (Lipinski definition) is 4. The minimum Gasteiger partial charge on any atom is -0.507 e. The van der Waals surface area contributed by atoms with Crippen LogP contribution in [-0.4, -0.2) is 48.9 Å². The molecule has 2 N–H and O–H groups in total. The number of rotatable bonds is 6. The Morgan fingerprint density at radius 3 is 2.43 bits per heavy atom. The van der Waals surface area contributed by atoms with Gasteiger partial charge in [-0.1, -0.05) is 0 Å². The summed E-state index contributed by atoms with van der Waals surface area (Å²) in [7, 11) is 4.02. The smallest absolute Gasteiger partial charge is 0.295 e. The molecule has 7 heteroatoms. The Kier molecular flexibility index (Phi) is 5.65. The molecule has 28 heavy (non-hydrogen) atoms. The molecule has 1 atom stereocenters. The number of carbonyl (C=O) groups is 2. The Morgan fingerprint density at radius 1 is 1.18 bits per heavy atom. The van der Waals surface area contributed by atoms with E-state index in [4.69, 9.17) is 4.42 Å².